The van der Waals surface area contributed by atoms with Gasteiger partial charge in [0.05, 0.1) is 13.7 Å². The first-order valence-corrected chi connectivity index (χ1v) is 12.9. The van der Waals surface area contributed by atoms with Crippen LogP contribution in [0.5, 0.6) is 0 Å². The molecular formula is C23H32N2O7S. The van der Waals surface area contributed by atoms with Crippen LogP contribution in [0.3, 0.4) is 0 Å². The van der Waals surface area contributed by atoms with Gasteiger partial charge in [0.25, 0.3) is 10.1 Å². The smallest absolute Gasteiger partial charge is 0.414 e. The summed E-state index contributed by atoms with van der Waals surface area (Å²) >= 11 is 0. The maximum atomic E-state index is 12.8. The fourth-order valence-corrected chi connectivity index (χ4v) is 4.94. The molecule has 0 radical (unpaired) electrons. The summed E-state index contributed by atoms with van der Waals surface area (Å²) in [5.41, 5.74) is 1.13. The Morgan fingerprint density at radius 2 is 1.85 bits per heavy atom. The monoisotopic (exact) mass is 480 g/mol. The van der Waals surface area contributed by atoms with Gasteiger partial charge in [-0.2, -0.15) is 8.42 Å². The first-order valence-electron chi connectivity index (χ1n) is 11.3. The van der Waals surface area contributed by atoms with Crippen molar-refractivity contribution < 1.29 is 31.7 Å². The standard InChI is InChI=1S/C23H32N2O7S/c1-22(2,3)32-21(27)25(18-9-10-18)15-23(11-12-23)16-5-7-17(8-6-16)24-13-19(31-20(24)26)14-33(28,29)30-4/h5-8,18-19H,9-15H2,1-4H3. The molecule has 2 amide bonds. The van der Waals surface area contributed by atoms with Crippen LogP contribution in [0.1, 0.15) is 52.0 Å². The minimum Gasteiger partial charge on any atom is -0.444 e. The van der Waals surface area contributed by atoms with Gasteiger partial charge in [-0.15, -0.1) is 0 Å². The van der Waals surface area contributed by atoms with E-state index in [4.69, 9.17) is 9.47 Å². The van der Waals surface area contributed by atoms with E-state index in [9.17, 15) is 18.0 Å². The highest BCUT2D eigenvalue weighted by atomic mass is 32.2. The van der Waals surface area contributed by atoms with Crippen molar-refractivity contribution in [2.45, 2.75) is 69.6 Å². The molecule has 3 fully saturated rings. The Morgan fingerprint density at radius 1 is 1.21 bits per heavy atom. The molecule has 1 atom stereocenters. The predicted octanol–water partition coefficient (Wildman–Crippen LogP) is 3.42. The second kappa shape index (κ2) is 8.47. The van der Waals surface area contributed by atoms with E-state index in [1.54, 1.807) is 0 Å². The molecule has 1 unspecified atom stereocenters. The third kappa shape index (κ3) is 5.60. The fraction of sp³-hybridized carbons (Fsp3) is 0.652. The van der Waals surface area contributed by atoms with Gasteiger partial charge in [-0.25, -0.2) is 9.59 Å². The lowest BCUT2D eigenvalue weighted by Crippen LogP contribution is -2.42. The maximum absolute atomic E-state index is 12.8. The Balaban J connectivity index is 1.43. The number of cyclic esters (lactones) is 1. The Morgan fingerprint density at radius 3 is 2.36 bits per heavy atom. The van der Waals surface area contributed by atoms with Crippen LogP contribution in [0.25, 0.3) is 0 Å². The van der Waals surface area contributed by atoms with E-state index >= 15 is 0 Å². The normalized spacial score (nSPS) is 22.1. The number of amides is 2. The average Bonchev–Trinajstić information content (AvgIpc) is 3.64. The zero-order chi connectivity index (χ0) is 24.0. The van der Waals surface area contributed by atoms with Gasteiger partial charge in [-0.3, -0.25) is 9.08 Å². The van der Waals surface area contributed by atoms with Crippen LogP contribution in [0.15, 0.2) is 24.3 Å². The van der Waals surface area contributed by atoms with E-state index in [0.29, 0.717) is 12.2 Å². The molecule has 1 aliphatic heterocycles. The summed E-state index contributed by atoms with van der Waals surface area (Å²) in [6.07, 6.45) is 2.37. The molecule has 1 heterocycles. The van der Waals surface area contributed by atoms with Gasteiger partial charge in [0.15, 0.2) is 0 Å². The van der Waals surface area contributed by atoms with Crippen LogP contribution in [0.4, 0.5) is 15.3 Å². The third-order valence-corrected chi connectivity index (χ3v) is 7.54. The van der Waals surface area contributed by atoms with Gasteiger partial charge in [0.2, 0.25) is 0 Å². The number of carbonyl (C=O) groups excluding carboxylic acids is 2. The van der Waals surface area contributed by atoms with E-state index < -0.39 is 27.9 Å². The van der Waals surface area contributed by atoms with Gasteiger partial charge in [0, 0.05) is 23.7 Å². The van der Waals surface area contributed by atoms with Crippen LogP contribution in [0.2, 0.25) is 0 Å². The summed E-state index contributed by atoms with van der Waals surface area (Å²) in [6.45, 7) is 6.38. The SMILES string of the molecule is COS(=O)(=O)CC1CN(c2ccc(C3(CN(C(=O)OC(C)(C)C)C4CC4)CC3)cc2)C(=O)O1. The van der Waals surface area contributed by atoms with Gasteiger partial charge in [0.1, 0.15) is 17.5 Å². The van der Waals surface area contributed by atoms with Crippen molar-refractivity contribution in [3.8, 4) is 0 Å². The molecule has 182 valence electrons. The molecule has 9 nitrogen and oxygen atoms in total. The van der Waals surface area contributed by atoms with E-state index in [1.807, 2.05) is 49.9 Å². The van der Waals surface area contributed by atoms with Crippen molar-refractivity contribution in [1.82, 2.24) is 4.90 Å². The van der Waals surface area contributed by atoms with Crippen molar-refractivity contribution in [2.24, 2.45) is 0 Å². The molecule has 4 rings (SSSR count). The first kappa shape index (κ1) is 23.8. The summed E-state index contributed by atoms with van der Waals surface area (Å²) in [7, 11) is -2.64. The molecule has 0 aromatic heterocycles. The van der Waals surface area contributed by atoms with Gasteiger partial charge >= 0.3 is 12.2 Å². The van der Waals surface area contributed by atoms with E-state index in [-0.39, 0.29) is 29.8 Å². The lowest BCUT2D eigenvalue weighted by Gasteiger charge is -2.31. The van der Waals surface area contributed by atoms with Crippen LogP contribution < -0.4 is 4.90 Å². The number of benzene rings is 1. The summed E-state index contributed by atoms with van der Waals surface area (Å²) in [5.74, 6) is -0.380. The average molecular weight is 481 g/mol. The summed E-state index contributed by atoms with van der Waals surface area (Å²) in [6, 6.07) is 7.90. The molecule has 2 saturated carbocycles. The van der Waals surface area contributed by atoms with E-state index in [0.717, 1.165) is 38.4 Å². The molecule has 3 aliphatic rings. The Kier molecular flexibility index (Phi) is 6.11. The topological polar surface area (TPSA) is 102 Å². The Bertz CT molecular complexity index is 1010. The second-order valence-corrected chi connectivity index (χ2v) is 12.0. The first-order chi connectivity index (χ1) is 15.4. The van der Waals surface area contributed by atoms with Crippen molar-refractivity contribution in [1.29, 1.82) is 0 Å². The largest absolute Gasteiger partial charge is 0.444 e. The zero-order valence-corrected chi connectivity index (χ0v) is 20.4. The quantitative estimate of drug-likeness (QED) is 0.525. The van der Waals surface area contributed by atoms with Crippen LogP contribution in [-0.2, 0) is 29.2 Å². The highest BCUT2D eigenvalue weighted by Crippen LogP contribution is 2.50. The van der Waals surface area contributed by atoms with Crippen LogP contribution in [0, 0.1) is 0 Å². The Hall–Kier alpha value is -2.33. The summed E-state index contributed by atoms with van der Waals surface area (Å²) in [4.78, 5) is 28.4. The van der Waals surface area contributed by atoms with Crippen molar-refractivity contribution >= 4 is 28.0 Å². The maximum Gasteiger partial charge on any atom is 0.414 e. The van der Waals surface area contributed by atoms with Crippen LogP contribution in [-0.4, -0.2) is 69.2 Å². The minimum absolute atomic E-state index is 0.0986. The molecule has 0 N–H and O–H groups in total. The van der Waals surface area contributed by atoms with Crippen molar-refractivity contribution in [3.05, 3.63) is 29.8 Å². The predicted molar refractivity (Wildman–Crippen MR) is 122 cm³/mol. The number of anilines is 1. The molecule has 1 aromatic rings. The zero-order valence-electron chi connectivity index (χ0n) is 19.6. The molecule has 10 heteroatoms. The number of nitrogens with zero attached hydrogens (tertiary/aromatic N) is 2. The number of carbonyl (C=O) groups is 2. The highest BCUT2D eigenvalue weighted by molar-refractivity contribution is 7.86. The Labute approximate surface area is 195 Å². The minimum atomic E-state index is -3.73. The molecule has 1 saturated heterocycles. The summed E-state index contributed by atoms with van der Waals surface area (Å²) in [5, 5.41) is 0. The number of rotatable bonds is 8. The van der Waals surface area contributed by atoms with Crippen LogP contribution >= 0.6 is 0 Å². The molecule has 1 aromatic carbocycles. The molecule has 0 spiro atoms. The fourth-order valence-electron chi connectivity index (χ4n) is 4.17. The van der Waals surface area contributed by atoms with Gasteiger partial charge in [-0.05, 0) is 64.2 Å². The number of ether oxygens (including phenoxy) is 2. The van der Waals surface area contributed by atoms with Crippen molar-refractivity contribution in [2.75, 3.05) is 30.9 Å². The number of hydrogen-bond donors (Lipinski definition) is 0. The molecular weight excluding hydrogens is 448 g/mol. The lowest BCUT2D eigenvalue weighted by atomic mass is 9.95. The van der Waals surface area contributed by atoms with E-state index in [1.165, 1.54) is 4.90 Å². The molecule has 33 heavy (non-hydrogen) atoms. The second-order valence-electron chi connectivity index (χ2n) is 10.2. The van der Waals surface area contributed by atoms with Crippen molar-refractivity contribution in [3.63, 3.8) is 0 Å². The third-order valence-electron chi connectivity index (χ3n) is 6.25. The van der Waals surface area contributed by atoms with E-state index in [2.05, 4.69) is 4.18 Å². The lowest BCUT2D eigenvalue weighted by molar-refractivity contribution is 0.0214. The molecule has 0 bridgehead atoms. The van der Waals surface area contributed by atoms with Gasteiger partial charge < -0.3 is 14.4 Å². The highest BCUT2D eigenvalue weighted by Gasteiger charge is 2.49. The summed E-state index contributed by atoms with van der Waals surface area (Å²) < 4.78 is 38.6. The molecule has 2 aliphatic carbocycles. The number of hydrogen-bond acceptors (Lipinski definition) is 7. The van der Waals surface area contributed by atoms with Gasteiger partial charge in [-0.1, -0.05) is 12.1 Å².